The van der Waals surface area contributed by atoms with Gasteiger partial charge in [-0.05, 0) is 31.2 Å². The van der Waals surface area contributed by atoms with Crippen LogP contribution in [0.1, 0.15) is 37.7 Å². The molecule has 3 fully saturated rings. The van der Waals surface area contributed by atoms with E-state index in [0.717, 1.165) is 10.5 Å². The van der Waals surface area contributed by atoms with E-state index in [1.54, 1.807) is 4.90 Å². The third-order valence-corrected chi connectivity index (χ3v) is 7.31. The lowest BCUT2D eigenvalue weighted by molar-refractivity contribution is -0.175. The monoisotopic (exact) mass is 513 g/mol. The first-order valence-corrected chi connectivity index (χ1v) is 12.1. The van der Waals surface area contributed by atoms with Gasteiger partial charge >= 0.3 is 24.3 Å². The topological polar surface area (TPSA) is 108 Å². The Bertz CT molecular complexity index is 939. The Morgan fingerprint density at radius 3 is 2.39 bits per heavy atom. The minimum absolute atomic E-state index is 0.134. The number of piperidine rings is 1. The summed E-state index contributed by atoms with van der Waals surface area (Å²) in [5.41, 5.74) is 0.876. The fraction of sp³-hybridized carbons (Fsp3) is 0.625. The van der Waals surface area contributed by atoms with Gasteiger partial charge in [-0.2, -0.15) is 13.2 Å². The van der Waals surface area contributed by atoms with E-state index in [2.05, 4.69) is 0 Å². The molecule has 0 bridgehead atoms. The van der Waals surface area contributed by atoms with Crippen molar-refractivity contribution in [2.45, 2.75) is 69.1 Å². The van der Waals surface area contributed by atoms with Crippen molar-refractivity contribution >= 4 is 18.1 Å². The van der Waals surface area contributed by atoms with Crippen molar-refractivity contribution in [3.63, 3.8) is 0 Å². The maximum absolute atomic E-state index is 12.9. The van der Waals surface area contributed by atoms with Gasteiger partial charge in [0.05, 0.1) is 24.8 Å². The molecule has 0 radical (unpaired) electrons. The third kappa shape index (κ3) is 5.85. The molecule has 1 aliphatic carbocycles. The Morgan fingerprint density at radius 1 is 1.06 bits per heavy atom. The molecule has 1 saturated carbocycles. The molecule has 2 N–H and O–H groups in total. The maximum Gasteiger partial charge on any atom is 0.471 e. The van der Waals surface area contributed by atoms with Gasteiger partial charge in [-0.1, -0.05) is 36.8 Å². The number of carboxylic acid groups (broad SMARTS) is 1. The van der Waals surface area contributed by atoms with E-state index in [-0.39, 0.29) is 25.2 Å². The van der Waals surface area contributed by atoms with Crippen LogP contribution in [-0.4, -0.2) is 83.1 Å². The largest absolute Gasteiger partial charge is 0.471 e. The van der Waals surface area contributed by atoms with Crippen LogP contribution in [0.25, 0.3) is 0 Å². The van der Waals surface area contributed by atoms with Crippen LogP contribution in [0.4, 0.5) is 22.8 Å². The summed E-state index contributed by atoms with van der Waals surface area (Å²) in [5.74, 6) is -2.46. The van der Waals surface area contributed by atoms with E-state index in [4.69, 9.17) is 9.47 Å². The van der Waals surface area contributed by atoms with Crippen molar-refractivity contribution in [1.29, 1.82) is 0 Å². The quantitative estimate of drug-likeness (QED) is 0.604. The van der Waals surface area contributed by atoms with Crippen LogP contribution in [0.3, 0.4) is 0 Å². The number of halogens is 3. The van der Waals surface area contributed by atoms with Crippen molar-refractivity contribution in [3.8, 4) is 0 Å². The molecular formula is C24H30F3N3O6. The second-order valence-electron chi connectivity index (χ2n) is 9.48. The van der Waals surface area contributed by atoms with E-state index in [0.29, 0.717) is 45.2 Å². The van der Waals surface area contributed by atoms with Crippen LogP contribution in [0.2, 0.25) is 0 Å². The number of nitrogens with one attached hydrogen (secondary N) is 1. The fourth-order valence-electron chi connectivity index (χ4n) is 5.59. The number of hydrogen-bond donors (Lipinski definition) is 2. The number of hydrogen-bond acceptors (Lipinski definition) is 5. The van der Waals surface area contributed by atoms with Crippen LogP contribution in [0.5, 0.6) is 0 Å². The van der Waals surface area contributed by atoms with Gasteiger partial charge in [-0.3, -0.25) is 9.69 Å². The number of nitrogens with zero attached hydrogens (tertiary/aromatic N) is 2. The Kier molecular flexibility index (Phi) is 7.91. The van der Waals surface area contributed by atoms with Crippen molar-refractivity contribution in [3.05, 3.63) is 35.9 Å². The minimum atomic E-state index is -5.06. The summed E-state index contributed by atoms with van der Waals surface area (Å²) in [6.45, 7) is 0.789. The molecule has 3 aliphatic rings. The number of carbonyl (C=O) groups is 3. The predicted octanol–water partition coefficient (Wildman–Crippen LogP) is 3.38. The molecule has 4 rings (SSSR count). The molecular weight excluding hydrogens is 483 g/mol. The Balaban J connectivity index is 1.31. The first-order chi connectivity index (χ1) is 17.1. The van der Waals surface area contributed by atoms with Crippen LogP contribution >= 0.6 is 0 Å². The first kappa shape index (κ1) is 26.1. The highest BCUT2D eigenvalue weighted by atomic mass is 19.4. The van der Waals surface area contributed by atoms with Gasteiger partial charge in [-0.25, -0.2) is 9.59 Å². The summed E-state index contributed by atoms with van der Waals surface area (Å²) in [5, 5.41) is 11.8. The smallest absolute Gasteiger partial charge is 0.465 e. The average molecular weight is 514 g/mol. The molecule has 12 heteroatoms. The van der Waals surface area contributed by atoms with Crippen LogP contribution in [0, 0.1) is 5.92 Å². The number of carbonyl (C=O) groups excluding carboxylic acids is 2. The van der Waals surface area contributed by atoms with Gasteiger partial charge in [0.2, 0.25) is 0 Å². The highest BCUT2D eigenvalue weighted by Gasteiger charge is 2.55. The Labute approximate surface area is 206 Å². The second-order valence-corrected chi connectivity index (χ2v) is 9.48. The lowest BCUT2D eigenvalue weighted by atomic mass is 9.95. The summed E-state index contributed by atoms with van der Waals surface area (Å²) >= 11 is 0. The van der Waals surface area contributed by atoms with Gasteiger partial charge in [0.1, 0.15) is 6.61 Å². The minimum Gasteiger partial charge on any atom is -0.465 e. The average Bonchev–Trinajstić information content (AvgIpc) is 3.43. The SMILES string of the molecule is O=C(OCc1ccccc1)N1CCC(OC[C@H]2[C@@H](NC(=O)C(F)(F)F)[C@H]3CCC[C@H]3N2C(=O)O)CC1. The molecule has 0 aromatic heterocycles. The molecule has 3 amide bonds. The zero-order valence-electron chi connectivity index (χ0n) is 19.7. The standard InChI is InChI=1S/C24H30F3N3O6/c25-24(26,27)21(31)28-20-17-7-4-8-18(17)30(22(32)33)19(20)14-35-16-9-11-29(12-10-16)23(34)36-13-15-5-2-1-3-6-15/h1-3,5-6,16-20H,4,7-14H2,(H,28,31)(H,32,33)/t17-,18+,19-,20-/m0/s1. The summed E-state index contributed by atoms with van der Waals surface area (Å²) in [6.07, 6.45) is -4.31. The van der Waals surface area contributed by atoms with Gasteiger partial charge in [0, 0.05) is 25.0 Å². The summed E-state index contributed by atoms with van der Waals surface area (Å²) in [4.78, 5) is 38.8. The number of benzene rings is 1. The highest BCUT2D eigenvalue weighted by molar-refractivity contribution is 5.82. The Hall–Kier alpha value is -3.02. The predicted molar refractivity (Wildman–Crippen MR) is 120 cm³/mol. The summed E-state index contributed by atoms with van der Waals surface area (Å²) in [6, 6.07) is 6.95. The van der Waals surface area contributed by atoms with Crippen molar-refractivity contribution < 1.29 is 42.1 Å². The summed E-state index contributed by atoms with van der Waals surface area (Å²) in [7, 11) is 0. The zero-order chi connectivity index (χ0) is 25.9. The van der Waals surface area contributed by atoms with Crippen molar-refractivity contribution in [2.24, 2.45) is 5.92 Å². The lowest BCUT2D eigenvalue weighted by Crippen LogP contribution is -2.54. The van der Waals surface area contributed by atoms with Crippen molar-refractivity contribution in [2.75, 3.05) is 19.7 Å². The van der Waals surface area contributed by atoms with Crippen LogP contribution in [0.15, 0.2) is 30.3 Å². The van der Waals surface area contributed by atoms with Gasteiger partial charge in [0.15, 0.2) is 0 Å². The van der Waals surface area contributed by atoms with E-state index < -0.39 is 42.4 Å². The van der Waals surface area contributed by atoms with E-state index in [9.17, 15) is 32.7 Å². The number of fused-ring (bicyclic) bond motifs is 1. The Morgan fingerprint density at radius 2 is 1.75 bits per heavy atom. The van der Waals surface area contributed by atoms with Gasteiger partial charge in [0.25, 0.3) is 0 Å². The molecule has 198 valence electrons. The normalized spacial score (nSPS) is 26.5. The molecule has 36 heavy (non-hydrogen) atoms. The molecule has 2 aliphatic heterocycles. The number of ether oxygens (including phenoxy) is 2. The fourth-order valence-corrected chi connectivity index (χ4v) is 5.59. The first-order valence-electron chi connectivity index (χ1n) is 12.1. The number of likely N-dealkylation sites (tertiary alicyclic amines) is 2. The van der Waals surface area contributed by atoms with Gasteiger partial charge in [-0.15, -0.1) is 0 Å². The van der Waals surface area contributed by atoms with Crippen molar-refractivity contribution in [1.82, 2.24) is 15.1 Å². The van der Waals surface area contributed by atoms with Crippen LogP contribution < -0.4 is 5.32 Å². The lowest BCUT2D eigenvalue weighted by Gasteiger charge is -2.34. The molecule has 4 atom stereocenters. The number of rotatable bonds is 6. The highest BCUT2D eigenvalue weighted by Crippen LogP contribution is 2.42. The summed E-state index contributed by atoms with van der Waals surface area (Å²) < 4.78 is 50.1. The maximum atomic E-state index is 12.9. The molecule has 1 aromatic carbocycles. The second kappa shape index (κ2) is 10.9. The zero-order valence-corrected chi connectivity index (χ0v) is 19.7. The molecule has 2 heterocycles. The number of alkyl halides is 3. The van der Waals surface area contributed by atoms with E-state index >= 15 is 0 Å². The molecule has 0 spiro atoms. The number of amides is 3. The van der Waals surface area contributed by atoms with E-state index in [1.165, 1.54) is 0 Å². The van der Waals surface area contributed by atoms with E-state index in [1.807, 2.05) is 35.6 Å². The molecule has 0 unspecified atom stereocenters. The third-order valence-electron chi connectivity index (χ3n) is 7.31. The van der Waals surface area contributed by atoms with Gasteiger partial charge < -0.3 is 24.8 Å². The van der Waals surface area contributed by atoms with Crippen LogP contribution in [-0.2, 0) is 20.9 Å². The molecule has 2 saturated heterocycles. The molecule has 1 aromatic rings. The molecule has 9 nitrogen and oxygen atoms in total.